The molecule has 0 spiro atoms. The normalized spacial score (nSPS) is 13.3. The molecule has 1 aliphatic carbocycles. The zero-order chi connectivity index (χ0) is 18.1. The van der Waals surface area contributed by atoms with E-state index in [1.807, 2.05) is 48.9 Å². The van der Waals surface area contributed by atoms with Gasteiger partial charge in [-0.1, -0.05) is 18.2 Å². The number of H-pyrrole nitrogens is 1. The van der Waals surface area contributed by atoms with E-state index in [0.29, 0.717) is 5.69 Å². The maximum Gasteiger partial charge on any atom is 0.292 e. The molecule has 1 amide bonds. The number of hydrogen-bond acceptors (Lipinski definition) is 4. The van der Waals surface area contributed by atoms with Gasteiger partial charge in [-0.25, -0.2) is 10.1 Å². The summed E-state index contributed by atoms with van der Waals surface area (Å²) in [7, 11) is 0. The van der Waals surface area contributed by atoms with Crippen molar-refractivity contribution in [3.8, 4) is 5.69 Å². The van der Waals surface area contributed by atoms with Crippen LogP contribution in [-0.2, 0) is 12.8 Å². The van der Waals surface area contributed by atoms with Crippen LogP contribution in [0.15, 0.2) is 35.4 Å². The van der Waals surface area contributed by atoms with Gasteiger partial charge in [-0.05, 0) is 45.2 Å². The lowest BCUT2D eigenvalue weighted by atomic mass is 10.2. The minimum atomic E-state index is -0.286. The molecule has 7 heteroatoms. The van der Waals surface area contributed by atoms with Crippen LogP contribution in [0, 0.1) is 13.8 Å². The second-order valence-electron chi connectivity index (χ2n) is 6.41. The van der Waals surface area contributed by atoms with Crippen molar-refractivity contribution >= 4 is 12.1 Å². The molecule has 0 saturated heterocycles. The second kappa shape index (κ2) is 6.59. The van der Waals surface area contributed by atoms with E-state index in [-0.39, 0.29) is 5.91 Å². The third-order valence-electron chi connectivity index (χ3n) is 4.73. The fourth-order valence-electron chi connectivity index (χ4n) is 3.38. The molecule has 0 bridgehead atoms. The Hall–Kier alpha value is -3.22. The Labute approximate surface area is 151 Å². The number of hydrogen-bond donors (Lipinski definition) is 2. The van der Waals surface area contributed by atoms with Crippen LogP contribution in [-0.4, -0.2) is 32.1 Å². The number of aromatic amines is 1. The number of fused-ring (bicyclic) bond motifs is 1. The number of aromatic nitrogens is 4. The lowest BCUT2D eigenvalue weighted by Gasteiger charge is -2.03. The summed E-state index contributed by atoms with van der Waals surface area (Å²) < 4.78 is 1.87. The van der Waals surface area contributed by atoms with Gasteiger partial charge in [-0.15, -0.1) is 0 Å². The first-order valence-corrected chi connectivity index (χ1v) is 8.66. The Morgan fingerprint density at radius 1 is 1.27 bits per heavy atom. The molecule has 1 aliphatic rings. The highest BCUT2D eigenvalue weighted by Crippen LogP contribution is 2.22. The summed E-state index contributed by atoms with van der Waals surface area (Å²) in [5.41, 5.74) is 8.80. The van der Waals surface area contributed by atoms with E-state index in [0.717, 1.165) is 53.2 Å². The van der Waals surface area contributed by atoms with Gasteiger partial charge in [0.1, 0.15) is 0 Å². The topological polar surface area (TPSA) is 88.0 Å². The predicted molar refractivity (Wildman–Crippen MR) is 98.7 cm³/mol. The molecule has 0 fully saturated rings. The smallest absolute Gasteiger partial charge is 0.281 e. The van der Waals surface area contributed by atoms with Gasteiger partial charge in [0.15, 0.2) is 5.69 Å². The highest BCUT2D eigenvalue weighted by Gasteiger charge is 2.22. The average molecular weight is 348 g/mol. The molecule has 4 rings (SSSR count). The zero-order valence-corrected chi connectivity index (χ0v) is 14.8. The largest absolute Gasteiger partial charge is 0.292 e. The van der Waals surface area contributed by atoms with E-state index in [2.05, 4.69) is 25.8 Å². The first kappa shape index (κ1) is 16.3. The molecular formula is C19H20N6O. The fourth-order valence-corrected chi connectivity index (χ4v) is 3.38. The molecule has 2 aromatic heterocycles. The van der Waals surface area contributed by atoms with Gasteiger partial charge in [0.05, 0.1) is 23.3 Å². The van der Waals surface area contributed by atoms with E-state index in [1.165, 1.54) is 0 Å². The summed E-state index contributed by atoms with van der Waals surface area (Å²) >= 11 is 0. The van der Waals surface area contributed by atoms with Crippen LogP contribution in [0.4, 0.5) is 0 Å². The Bertz CT molecular complexity index is 983. The number of benzene rings is 1. The van der Waals surface area contributed by atoms with Crippen molar-refractivity contribution in [2.24, 2.45) is 5.10 Å². The molecule has 2 heterocycles. The average Bonchev–Trinajstić information content (AvgIpc) is 3.32. The Balaban J connectivity index is 1.52. The maximum atomic E-state index is 12.3. The minimum Gasteiger partial charge on any atom is -0.281 e. The number of nitrogens with zero attached hydrogens (tertiary/aromatic N) is 4. The van der Waals surface area contributed by atoms with Crippen molar-refractivity contribution in [1.82, 2.24) is 25.4 Å². The fraction of sp³-hybridized carbons (Fsp3) is 0.263. The standard InChI is InChI=1S/C19H20N6O/c1-12-16(13(2)25(24-12)14-7-4-3-5-8-14)11-20-23-19(26)18-15-9-6-10-17(15)21-22-18/h3-5,7-8,11H,6,9-10H2,1-2H3,(H,21,22)(H,23,26)/b20-11-. The van der Waals surface area contributed by atoms with Crippen molar-refractivity contribution in [2.45, 2.75) is 33.1 Å². The highest BCUT2D eigenvalue weighted by molar-refractivity contribution is 5.95. The van der Waals surface area contributed by atoms with E-state index >= 15 is 0 Å². The third-order valence-corrected chi connectivity index (χ3v) is 4.73. The number of nitrogens with one attached hydrogen (secondary N) is 2. The van der Waals surface area contributed by atoms with Crippen LogP contribution in [0.25, 0.3) is 5.69 Å². The van der Waals surface area contributed by atoms with Crippen LogP contribution in [0.3, 0.4) is 0 Å². The molecule has 2 N–H and O–H groups in total. The van der Waals surface area contributed by atoms with Crippen LogP contribution in [0.2, 0.25) is 0 Å². The lowest BCUT2D eigenvalue weighted by Crippen LogP contribution is -2.19. The Morgan fingerprint density at radius 2 is 2.08 bits per heavy atom. The summed E-state index contributed by atoms with van der Waals surface area (Å²) in [5, 5.41) is 15.7. The molecular weight excluding hydrogens is 328 g/mol. The first-order valence-electron chi connectivity index (χ1n) is 8.66. The van der Waals surface area contributed by atoms with Crippen LogP contribution in [0.1, 0.15) is 45.1 Å². The number of aryl methyl sites for hydroxylation is 2. The maximum absolute atomic E-state index is 12.3. The number of carbonyl (C=O) groups excluding carboxylic acids is 1. The first-order chi connectivity index (χ1) is 12.6. The van der Waals surface area contributed by atoms with Crippen LogP contribution < -0.4 is 5.43 Å². The summed E-state index contributed by atoms with van der Waals surface area (Å²) in [6, 6.07) is 9.92. The number of carbonyl (C=O) groups is 1. The molecule has 0 aliphatic heterocycles. The summed E-state index contributed by atoms with van der Waals surface area (Å²) in [4.78, 5) is 12.3. The minimum absolute atomic E-state index is 0.286. The van der Waals surface area contributed by atoms with Crippen molar-refractivity contribution < 1.29 is 4.79 Å². The van der Waals surface area contributed by atoms with Crippen molar-refractivity contribution in [3.05, 3.63) is 64.2 Å². The summed E-state index contributed by atoms with van der Waals surface area (Å²) in [5.74, 6) is -0.286. The molecule has 26 heavy (non-hydrogen) atoms. The number of rotatable bonds is 4. The van der Waals surface area contributed by atoms with Gasteiger partial charge in [-0.2, -0.15) is 15.3 Å². The van der Waals surface area contributed by atoms with Gasteiger partial charge in [0, 0.05) is 16.8 Å². The number of hydrazone groups is 1. The summed E-state index contributed by atoms with van der Waals surface area (Å²) in [6.45, 7) is 3.91. The third kappa shape index (κ3) is 2.81. The van der Waals surface area contributed by atoms with E-state index < -0.39 is 0 Å². The zero-order valence-electron chi connectivity index (χ0n) is 14.8. The molecule has 0 radical (unpaired) electrons. The van der Waals surface area contributed by atoms with Crippen LogP contribution in [0.5, 0.6) is 0 Å². The molecule has 0 atom stereocenters. The summed E-state index contributed by atoms with van der Waals surface area (Å²) in [6.07, 6.45) is 4.54. The Morgan fingerprint density at radius 3 is 2.88 bits per heavy atom. The molecule has 3 aromatic rings. The highest BCUT2D eigenvalue weighted by atomic mass is 16.2. The van der Waals surface area contributed by atoms with E-state index in [9.17, 15) is 4.79 Å². The van der Waals surface area contributed by atoms with Crippen LogP contribution >= 0.6 is 0 Å². The molecule has 0 unspecified atom stereocenters. The lowest BCUT2D eigenvalue weighted by molar-refractivity contribution is 0.0949. The molecule has 132 valence electrons. The van der Waals surface area contributed by atoms with Gasteiger partial charge in [-0.3, -0.25) is 9.89 Å². The van der Waals surface area contributed by atoms with Crippen molar-refractivity contribution in [2.75, 3.05) is 0 Å². The Kier molecular flexibility index (Phi) is 4.12. The molecule has 1 aromatic carbocycles. The van der Waals surface area contributed by atoms with Crippen molar-refractivity contribution in [3.63, 3.8) is 0 Å². The predicted octanol–water partition coefficient (Wildman–Crippen LogP) is 2.46. The SMILES string of the molecule is Cc1nn(-c2ccccc2)c(C)c1/C=N\NC(=O)c1n[nH]c2c1CCC2. The van der Waals surface area contributed by atoms with E-state index in [4.69, 9.17) is 0 Å². The monoisotopic (exact) mass is 348 g/mol. The van der Waals surface area contributed by atoms with Gasteiger partial charge < -0.3 is 0 Å². The van der Waals surface area contributed by atoms with Gasteiger partial charge in [0.25, 0.3) is 5.91 Å². The van der Waals surface area contributed by atoms with Crippen molar-refractivity contribution in [1.29, 1.82) is 0 Å². The van der Waals surface area contributed by atoms with Gasteiger partial charge in [0.2, 0.25) is 0 Å². The van der Waals surface area contributed by atoms with E-state index in [1.54, 1.807) is 6.21 Å². The van der Waals surface area contributed by atoms with Gasteiger partial charge >= 0.3 is 0 Å². The quantitative estimate of drug-likeness (QED) is 0.561. The number of amides is 1. The molecule has 7 nitrogen and oxygen atoms in total. The second-order valence-corrected chi connectivity index (χ2v) is 6.41. The molecule has 0 saturated carbocycles. The number of para-hydroxylation sites is 1.